The van der Waals surface area contributed by atoms with Gasteiger partial charge in [0.25, 0.3) is 0 Å². The van der Waals surface area contributed by atoms with E-state index in [2.05, 4.69) is 17.2 Å². The average Bonchev–Trinajstić information content (AvgIpc) is 2.88. The number of hydrogen-bond acceptors (Lipinski definition) is 4. The van der Waals surface area contributed by atoms with Crippen LogP contribution in [0.3, 0.4) is 0 Å². The first-order valence-electron chi connectivity index (χ1n) is 6.18. The molecule has 0 aliphatic carbocycles. The third kappa shape index (κ3) is 3.42. The number of anilines is 1. The first-order chi connectivity index (χ1) is 10.4. The van der Waals surface area contributed by atoms with E-state index < -0.39 is 33.4 Å². The molecule has 1 aliphatic rings. The van der Waals surface area contributed by atoms with Crippen LogP contribution in [0.1, 0.15) is 24.1 Å². The van der Waals surface area contributed by atoms with Gasteiger partial charge in [0.1, 0.15) is 15.1 Å². The third-order valence-electron chi connectivity index (χ3n) is 3.15. The van der Waals surface area contributed by atoms with Crippen LogP contribution in [0.5, 0.6) is 0 Å². The lowest BCUT2D eigenvalue weighted by molar-refractivity contribution is -0.292. The van der Waals surface area contributed by atoms with E-state index in [0.29, 0.717) is 25.9 Å². The van der Waals surface area contributed by atoms with Crippen LogP contribution in [-0.4, -0.2) is 24.2 Å². The Morgan fingerprint density at radius 1 is 0.957 bits per heavy atom. The molecule has 0 unspecified atom stereocenters. The molecule has 0 spiro atoms. The van der Waals surface area contributed by atoms with Crippen LogP contribution < -0.4 is 4.90 Å². The summed E-state index contributed by atoms with van der Waals surface area (Å²) in [5, 5.41) is -0.362. The average molecular weight is 384 g/mol. The lowest BCUT2D eigenvalue weighted by atomic mass is 10.1. The molecule has 2 heterocycles. The van der Waals surface area contributed by atoms with E-state index in [1.807, 2.05) is 0 Å². The van der Waals surface area contributed by atoms with Gasteiger partial charge in [0.05, 0.1) is 0 Å². The molecule has 0 atom stereocenters. The molecule has 2 nitrogen and oxygen atoms in total. The van der Waals surface area contributed by atoms with Crippen molar-refractivity contribution in [1.82, 2.24) is 4.98 Å². The monoisotopic (exact) mass is 384 g/mol. The van der Waals surface area contributed by atoms with Gasteiger partial charge in [-0.1, -0.05) is 23.6 Å². The molecule has 1 aromatic rings. The zero-order chi connectivity index (χ0) is 17.6. The topological polar surface area (TPSA) is 16.1 Å². The largest absolute Gasteiger partial charge is 0.459 e. The molecule has 12 heteroatoms. The number of alkyl halides is 8. The summed E-state index contributed by atoms with van der Waals surface area (Å²) in [5.41, 5.74) is -4.59. The van der Waals surface area contributed by atoms with Gasteiger partial charge in [-0.25, -0.2) is 4.98 Å². The van der Waals surface area contributed by atoms with Crippen LogP contribution in [0, 0.1) is 3.82 Å². The maximum Gasteiger partial charge on any atom is 0.459 e. The van der Waals surface area contributed by atoms with E-state index in [1.54, 1.807) is 0 Å². The van der Waals surface area contributed by atoms with Gasteiger partial charge in [0.15, 0.2) is 5.13 Å². The fourth-order valence-electron chi connectivity index (χ4n) is 2.06. The minimum absolute atomic E-state index is 0.278. The highest BCUT2D eigenvalue weighted by Gasteiger charge is 2.63. The minimum Gasteiger partial charge on any atom is -0.348 e. The van der Waals surface area contributed by atoms with E-state index in [0.717, 1.165) is 0 Å². The maximum absolute atomic E-state index is 13.6. The third-order valence-corrected chi connectivity index (χ3v) is 4.52. The highest BCUT2D eigenvalue weighted by molar-refractivity contribution is 7.73. The van der Waals surface area contributed by atoms with Crippen molar-refractivity contribution < 1.29 is 35.1 Å². The van der Waals surface area contributed by atoms with E-state index in [-0.39, 0.29) is 16.5 Å². The predicted octanol–water partition coefficient (Wildman–Crippen LogP) is 5.15. The van der Waals surface area contributed by atoms with Gasteiger partial charge >= 0.3 is 18.3 Å². The van der Waals surface area contributed by atoms with Gasteiger partial charge in [0.2, 0.25) is 0 Å². The van der Waals surface area contributed by atoms with E-state index in [9.17, 15) is 35.1 Å². The summed E-state index contributed by atoms with van der Waals surface area (Å²) in [6.07, 6.45) is -10.4. The first kappa shape index (κ1) is 18.3. The molecule has 2 rings (SSSR count). The lowest BCUT2D eigenvalue weighted by Crippen LogP contribution is -2.37. The molecule has 0 bridgehead atoms. The van der Waals surface area contributed by atoms with Gasteiger partial charge in [-0.3, -0.25) is 0 Å². The molecule has 0 amide bonds. The predicted molar refractivity (Wildman–Crippen MR) is 69.3 cm³/mol. The summed E-state index contributed by atoms with van der Waals surface area (Å²) in [6, 6.07) is 0. The van der Waals surface area contributed by atoms with Crippen LogP contribution in [0.15, 0.2) is 0 Å². The van der Waals surface area contributed by atoms with Crippen LogP contribution in [-0.2, 0) is 12.1 Å². The summed E-state index contributed by atoms with van der Waals surface area (Å²) in [4.78, 5) is 4.35. The van der Waals surface area contributed by atoms with E-state index in [1.165, 1.54) is 4.90 Å². The molecule has 1 aromatic heterocycles. The summed E-state index contributed by atoms with van der Waals surface area (Å²) >= 11 is 4.71. The SMILES string of the molecule is FC(F)(F)c1c(C(F)(F)C(F)(F)F)nc(N2CCCC2)sc1=S. The highest BCUT2D eigenvalue weighted by Crippen LogP contribution is 2.49. The molecule has 0 radical (unpaired) electrons. The normalized spacial score (nSPS) is 17.0. The number of nitrogens with zero attached hydrogens (tertiary/aromatic N) is 2. The van der Waals surface area contributed by atoms with Crippen LogP contribution >= 0.6 is 23.6 Å². The van der Waals surface area contributed by atoms with E-state index in [4.69, 9.17) is 0 Å². The Hall–Kier alpha value is -1.04. The van der Waals surface area contributed by atoms with Crippen molar-refractivity contribution in [2.45, 2.75) is 31.1 Å². The van der Waals surface area contributed by atoms with Crippen LogP contribution in [0.4, 0.5) is 40.3 Å². The number of hydrogen-bond donors (Lipinski definition) is 0. The van der Waals surface area contributed by atoms with Crippen molar-refractivity contribution in [3.05, 3.63) is 15.1 Å². The standard InChI is InChI=1S/C11H8F8N2S2/c12-9(13,11(17,18)19)6-5(10(14,15)16)7(22)23-8(20-6)21-3-1-2-4-21/h1-4H2. The zero-order valence-electron chi connectivity index (χ0n) is 11.1. The van der Waals surface area contributed by atoms with Crippen molar-refractivity contribution in [2.75, 3.05) is 18.0 Å². The molecule has 23 heavy (non-hydrogen) atoms. The fourth-order valence-corrected chi connectivity index (χ4v) is 3.42. The van der Waals surface area contributed by atoms with Crippen LogP contribution in [0.25, 0.3) is 0 Å². The van der Waals surface area contributed by atoms with Crippen molar-refractivity contribution >= 4 is 28.7 Å². The molecule has 1 fully saturated rings. The van der Waals surface area contributed by atoms with Crippen LogP contribution in [0.2, 0.25) is 0 Å². The zero-order valence-corrected chi connectivity index (χ0v) is 12.7. The molecule has 1 aliphatic heterocycles. The smallest absolute Gasteiger partial charge is 0.348 e. The highest BCUT2D eigenvalue weighted by atomic mass is 32.1. The first-order valence-corrected chi connectivity index (χ1v) is 7.40. The molecule has 130 valence electrons. The maximum atomic E-state index is 13.6. The molecule has 0 saturated carbocycles. The Balaban J connectivity index is 2.72. The second-order valence-corrected chi connectivity index (χ2v) is 6.42. The second kappa shape index (κ2) is 5.80. The summed E-state index contributed by atoms with van der Waals surface area (Å²) < 4.78 is 102. The van der Waals surface area contributed by atoms with Gasteiger partial charge in [-0.2, -0.15) is 35.1 Å². The molecule has 0 N–H and O–H groups in total. The molecular formula is C11H8F8N2S2. The van der Waals surface area contributed by atoms with Crippen molar-refractivity contribution in [3.63, 3.8) is 0 Å². The quantitative estimate of drug-likeness (QED) is 0.519. The van der Waals surface area contributed by atoms with Gasteiger partial charge in [0, 0.05) is 13.1 Å². The van der Waals surface area contributed by atoms with Crippen molar-refractivity contribution in [1.29, 1.82) is 0 Å². The second-order valence-electron chi connectivity index (χ2n) is 4.77. The summed E-state index contributed by atoms with van der Waals surface area (Å²) in [5.74, 6) is -5.76. The molecule has 0 aromatic carbocycles. The lowest BCUT2D eigenvalue weighted by Gasteiger charge is -2.24. The summed E-state index contributed by atoms with van der Waals surface area (Å²) in [6.45, 7) is 0.612. The molecular weight excluding hydrogens is 376 g/mol. The van der Waals surface area contributed by atoms with Crippen molar-refractivity contribution in [3.8, 4) is 0 Å². The Morgan fingerprint density at radius 3 is 1.91 bits per heavy atom. The Kier molecular flexibility index (Phi) is 4.61. The Labute approximate surface area is 133 Å². The number of halogens is 8. The minimum atomic E-state index is -6.21. The summed E-state index contributed by atoms with van der Waals surface area (Å²) in [7, 11) is 0. The fraction of sp³-hybridized carbons (Fsp3) is 0.636. The van der Waals surface area contributed by atoms with Gasteiger partial charge < -0.3 is 4.90 Å². The Morgan fingerprint density at radius 2 is 1.48 bits per heavy atom. The Bertz CT molecular complexity index is 643. The van der Waals surface area contributed by atoms with Gasteiger partial charge in [-0.05, 0) is 12.8 Å². The molecule has 1 saturated heterocycles. The van der Waals surface area contributed by atoms with E-state index >= 15 is 0 Å². The number of rotatable bonds is 2. The number of aromatic nitrogens is 1. The van der Waals surface area contributed by atoms with Crippen molar-refractivity contribution in [2.24, 2.45) is 0 Å². The van der Waals surface area contributed by atoms with Gasteiger partial charge in [-0.15, -0.1) is 0 Å².